The molecular weight excluding hydrogens is 1560 g/mol. The second-order valence-corrected chi connectivity index (χ2v) is 30.4. The fraction of sp³-hybridized carbons (Fsp3) is 0.442. The molecule has 6 atom stereocenters. The van der Waals surface area contributed by atoms with E-state index in [0.29, 0.717) is 102 Å². The Labute approximate surface area is 661 Å². The van der Waals surface area contributed by atoms with Crippen LogP contribution in [-0.4, -0.2) is 147 Å². The molecule has 1 saturated heterocycles. The number of amides is 9. The highest BCUT2D eigenvalue weighted by Crippen LogP contribution is 2.23. The third-order valence-corrected chi connectivity index (χ3v) is 21.3. The van der Waals surface area contributed by atoms with Crippen LogP contribution >= 0.6 is 81.1 Å². The van der Waals surface area contributed by atoms with E-state index in [1.807, 2.05) is 132 Å². The number of nitrogens with one attached hydrogen (secondary N) is 7. The number of hydrogen-bond donors (Lipinski definition) is 7. The summed E-state index contributed by atoms with van der Waals surface area (Å²) in [5.41, 5.74) is 9.22. The maximum atomic E-state index is 14.2. The van der Waals surface area contributed by atoms with Gasteiger partial charge >= 0.3 is 24.2 Å². The number of carbonyl (C=O) groups excluding carboxylic acids is 7. The zero-order chi connectivity index (χ0) is 74.0. The minimum Gasteiger partial charge on any atom is -0.444 e. The van der Waals surface area contributed by atoms with E-state index >= 15 is 0 Å². The van der Waals surface area contributed by atoms with E-state index in [-0.39, 0.29) is 105 Å². The third kappa shape index (κ3) is 31.0. The first-order chi connectivity index (χ1) is 50.3. The predicted molar refractivity (Wildman–Crippen MR) is 432 cm³/mol. The quantitative estimate of drug-likeness (QED) is 0.0140. The fourth-order valence-electron chi connectivity index (χ4n) is 11.7. The number of urea groups is 2. The predicted octanol–water partition coefficient (Wildman–Crippen LogP) is 14.0. The van der Waals surface area contributed by atoms with Crippen molar-refractivity contribution in [3.8, 4) is 0 Å². The standard InChI is InChI=1S/C40H51N7O5S2.C36H46ClN7O4S2.CH4.HI/c1-28(2)38-43-33(26-53-38)24-46(3)39(50)45-35(18-20-47-19-10-15-36(47)48)37(49)42-31(21-29-11-6-4-7-12-29)16-17-32(22-30-13-8-5-9-14-30)44-40(51)52-25-34-23-41-27-54-34;1-25(2)34-41-30(23-49-34)21-44(3)35(46)43-32(16-17-39-37)33(45)40-28(18-26-10-6-4-7-11-26)14-15-29(19-27-12-8-5-9-13-27)42-36(47)48-22-31-20-38-24-50-31;;/h4-9,11-14,23,26-28,31-32,35H,10,15-22,24-25H2,1-3H3,(H,42,49)(H,44,51)(H,45,50);4-13,20,23-25,28-29,32,39H,14-19,21-22H2,1-3H3,(H,40,45)(H,42,47)(H,43,46);1H4;1H/t31-,32-,35+;28-,29-,32+;;/m11../s1. The molecule has 29 heteroatoms. The van der Waals surface area contributed by atoms with Gasteiger partial charge in [0.1, 0.15) is 25.3 Å². The molecule has 0 unspecified atom stereocenters. The number of alkyl carbamates (subject to hydrolysis) is 2. The number of rotatable bonds is 38. The van der Waals surface area contributed by atoms with Gasteiger partial charge in [0.15, 0.2) is 0 Å². The van der Waals surface area contributed by atoms with Crippen LogP contribution in [0.25, 0.3) is 0 Å². The molecule has 7 N–H and O–H groups in total. The molecule has 0 aliphatic carbocycles. The number of aromatic nitrogens is 4. The summed E-state index contributed by atoms with van der Waals surface area (Å²) in [6, 6.07) is 36.0. The van der Waals surface area contributed by atoms with Crippen molar-refractivity contribution in [3.63, 3.8) is 0 Å². The van der Waals surface area contributed by atoms with Gasteiger partial charge in [0, 0.05) is 99.3 Å². The summed E-state index contributed by atoms with van der Waals surface area (Å²) in [6.45, 7) is 10.5. The van der Waals surface area contributed by atoms with Gasteiger partial charge in [-0.25, -0.2) is 34.0 Å². The lowest BCUT2D eigenvalue weighted by Crippen LogP contribution is -2.53. The molecule has 9 amide bonds. The molecule has 572 valence electrons. The second-order valence-electron chi connectivity index (χ2n) is 26.4. The highest BCUT2D eigenvalue weighted by Gasteiger charge is 2.31. The summed E-state index contributed by atoms with van der Waals surface area (Å²) in [5, 5.41) is 24.3. The molecule has 4 aromatic heterocycles. The van der Waals surface area contributed by atoms with E-state index < -0.39 is 30.3 Å². The summed E-state index contributed by atoms with van der Waals surface area (Å²) in [5.74, 6) is 0.0239. The van der Waals surface area contributed by atoms with Crippen LogP contribution in [0.4, 0.5) is 19.2 Å². The first-order valence-electron chi connectivity index (χ1n) is 35.2. The Bertz CT molecular complexity index is 3870. The molecule has 0 saturated carbocycles. The van der Waals surface area contributed by atoms with Crippen molar-refractivity contribution >= 4 is 123 Å². The molecule has 0 radical (unpaired) electrons. The van der Waals surface area contributed by atoms with E-state index in [1.54, 1.807) is 65.1 Å². The number of benzene rings is 4. The van der Waals surface area contributed by atoms with Gasteiger partial charge < -0.3 is 56.1 Å². The molecule has 1 aliphatic heterocycles. The van der Waals surface area contributed by atoms with Crippen LogP contribution < -0.4 is 36.7 Å². The zero-order valence-electron chi connectivity index (χ0n) is 60.3. The summed E-state index contributed by atoms with van der Waals surface area (Å²) in [6.07, 6.45) is 8.66. The largest absolute Gasteiger partial charge is 0.444 e. The van der Waals surface area contributed by atoms with Crippen LogP contribution in [0.5, 0.6) is 0 Å². The highest BCUT2D eigenvalue weighted by molar-refractivity contribution is 14.0. The monoisotopic (exact) mass is 1660 g/mol. The Kier molecular flexibility index (Phi) is 38.3. The number of hydrogen-bond acceptors (Lipinski definition) is 18. The van der Waals surface area contributed by atoms with E-state index in [1.165, 1.54) is 32.5 Å². The van der Waals surface area contributed by atoms with Crippen molar-refractivity contribution in [2.75, 3.05) is 33.7 Å². The second kappa shape index (κ2) is 46.8. The SMILES string of the molecule is C.CC(C)c1nc(CN(C)C(=O)N[C@@H](CCN2CCCC2=O)C(=O)N[C@H](CC[C@H](Cc2ccccc2)NC(=O)OCc2cncs2)Cc2ccccc2)cs1.CC(C)c1nc(CN(C)C(=O)N[C@@H](CCNCl)C(=O)N[C@H](CC[C@H](Cc2ccccc2)NC(=O)OCc2cncs2)Cc2ccccc2)cs1.I. The van der Waals surface area contributed by atoms with E-state index in [2.05, 4.69) is 84.4 Å². The highest BCUT2D eigenvalue weighted by atomic mass is 127. The van der Waals surface area contributed by atoms with Crippen molar-refractivity contribution in [1.82, 2.24) is 71.4 Å². The summed E-state index contributed by atoms with van der Waals surface area (Å²) in [4.78, 5) is 120. The number of nitrogens with zero attached hydrogens (tertiary/aromatic N) is 7. The Morgan fingerprint density at radius 1 is 0.519 bits per heavy atom. The zero-order valence-corrected chi connectivity index (χ0v) is 66.6. The van der Waals surface area contributed by atoms with Crippen molar-refractivity contribution in [2.24, 2.45) is 0 Å². The van der Waals surface area contributed by atoms with Gasteiger partial charge in [-0.15, -0.1) is 69.3 Å². The van der Waals surface area contributed by atoms with Gasteiger partial charge in [-0.05, 0) is 105 Å². The minimum atomic E-state index is -0.881. The lowest BCUT2D eigenvalue weighted by molar-refractivity contribution is -0.129. The first kappa shape index (κ1) is 86.8. The Balaban J connectivity index is 0.000000327. The van der Waals surface area contributed by atoms with E-state index in [0.717, 1.165) is 59.8 Å². The normalized spacial score (nSPS) is 13.4. The maximum absolute atomic E-state index is 14.2. The van der Waals surface area contributed by atoms with E-state index in [9.17, 15) is 33.6 Å². The molecule has 5 heterocycles. The Hall–Kier alpha value is -8.13. The minimum absolute atomic E-state index is 0. The number of thiazole rings is 4. The molecule has 4 aromatic carbocycles. The number of ether oxygens (including phenoxy) is 2. The van der Waals surface area contributed by atoms with Gasteiger partial charge in [0.2, 0.25) is 17.7 Å². The Morgan fingerprint density at radius 2 is 0.887 bits per heavy atom. The number of carbonyl (C=O) groups is 7. The van der Waals surface area contributed by atoms with Gasteiger partial charge in [-0.1, -0.05) is 156 Å². The molecular formula is C77H102ClIN14O9S4. The maximum Gasteiger partial charge on any atom is 0.407 e. The summed E-state index contributed by atoms with van der Waals surface area (Å²) in [7, 11) is 3.36. The lowest BCUT2D eigenvalue weighted by atomic mass is 9.95. The molecule has 106 heavy (non-hydrogen) atoms. The number of halogens is 2. The average Bonchev–Trinajstić information content (AvgIpc) is 1.54. The van der Waals surface area contributed by atoms with Crippen LogP contribution in [0.1, 0.15) is 152 Å². The first-order valence-corrected chi connectivity index (χ1v) is 39.1. The van der Waals surface area contributed by atoms with Gasteiger partial charge in [-0.2, -0.15) is 0 Å². The Morgan fingerprint density at radius 3 is 1.21 bits per heavy atom. The average molecular weight is 1660 g/mol. The number of likely N-dealkylation sites (tertiary alicyclic amines) is 1. The smallest absolute Gasteiger partial charge is 0.407 e. The van der Waals surface area contributed by atoms with Crippen LogP contribution in [0.15, 0.2) is 156 Å². The van der Waals surface area contributed by atoms with Crippen molar-refractivity contribution in [2.45, 2.75) is 187 Å². The third-order valence-electron chi connectivity index (χ3n) is 17.3. The lowest BCUT2D eigenvalue weighted by Gasteiger charge is -2.28. The molecule has 0 spiro atoms. The van der Waals surface area contributed by atoms with Crippen LogP contribution in [0.2, 0.25) is 0 Å². The molecule has 23 nitrogen and oxygen atoms in total. The molecule has 1 aliphatic rings. The topological polar surface area (TPSA) is 283 Å². The fourth-order valence-corrected chi connectivity index (χ4v) is 14.4. The van der Waals surface area contributed by atoms with Gasteiger partial charge in [-0.3, -0.25) is 24.4 Å². The summed E-state index contributed by atoms with van der Waals surface area (Å²) >= 11 is 11.8. The molecule has 9 rings (SSSR count). The van der Waals surface area contributed by atoms with Crippen molar-refractivity contribution in [3.05, 3.63) is 209 Å². The summed E-state index contributed by atoms with van der Waals surface area (Å²) < 4.78 is 11.0. The molecule has 1 fully saturated rings. The van der Waals surface area contributed by atoms with Crippen molar-refractivity contribution in [1.29, 1.82) is 0 Å². The molecule has 8 aromatic rings. The van der Waals surface area contributed by atoms with Gasteiger partial charge in [0.25, 0.3) is 0 Å². The van der Waals surface area contributed by atoms with Crippen LogP contribution in [0.3, 0.4) is 0 Å². The molecule has 0 bridgehead atoms. The van der Waals surface area contributed by atoms with Crippen molar-refractivity contribution < 1.29 is 43.0 Å². The van der Waals surface area contributed by atoms with Gasteiger partial charge in [0.05, 0.1) is 55.3 Å². The van der Waals surface area contributed by atoms with E-state index in [4.69, 9.17) is 21.3 Å². The van der Waals surface area contributed by atoms with Crippen LogP contribution in [-0.2, 0) is 75.8 Å². The van der Waals surface area contributed by atoms with Crippen LogP contribution in [0, 0.1) is 0 Å².